The highest BCUT2D eigenvalue weighted by atomic mass is 32.2. The van der Waals surface area contributed by atoms with E-state index in [0.717, 1.165) is 12.8 Å². The number of hydrogen-bond acceptors (Lipinski definition) is 4. The minimum absolute atomic E-state index is 0.0195. The molecule has 0 radical (unpaired) electrons. The Hall–Kier alpha value is -0.750. The normalized spacial score (nSPS) is 16.9. The zero-order chi connectivity index (χ0) is 15.7. The number of thioether (sulfide) groups is 1. The van der Waals surface area contributed by atoms with Gasteiger partial charge in [-0.3, -0.25) is 9.59 Å². The summed E-state index contributed by atoms with van der Waals surface area (Å²) in [5, 5.41) is 2.98. The van der Waals surface area contributed by atoms with Crippen molar-refractivity contribution in [3.05, 3.63) is 0 Å². The van der Waals surface area contributed by atoms with Gasteiger partial charge in [0.2, 0.25) is 11.8 Å². The van der Waals surface area contributed by atoms with E-state index in [4.69, 9.17) is 4.74 Å². The maximum absolute atomic E-state index is 11.9. The minimum Gasteiger partial charge on any atom is -0.378 e. The van der Waals surface area contributed by atoms with Crippen molar-refractivity contribution in [1.82, 2.24) is 10.2 Å². The fourth-order valence-electron chi connectivity index (χ4n) is 2.11. The highest BCUT2D eigenvalue weighted by Crippen LogP contribution is 2.08. The Labute approximate surface area is 132 Å². The smallest absolute Gasteiger partial charge is 0.232 e. The molecule has 0 aromatic rings. The molecule has 1 aliphatic heterocycles. The van der Waals surface area contributed by atoms with Gasteiger partial charge >= 0.3 is 0 Å². The van der Waals surface area contributed by atoms with E-state index in [0.29, 0.717) is 43.7 Å². The second kappa shape index (κ2) is 10.1. The number of amides is 2. The number of rotatable bonds is 8. The van der Waals surface area contributed by atoms with Crippen LogP contribution in [-0.4, -0.2) is 60.6 Å². The first kappa shape index (κ1) is 18.3. The van der Waals surface area contributed by atoms with Crippen LogP contribution >= 0.6 is 11.8 Å². The molecule has 122 valence electrons. The summed E-state index contributed by atoms with van der Waals surface area (Å²) >= 11 is 1.39. The van der Waals surface area contributed by atoms with Gasteiger partial charge in [0.05, 0.1) is 24.7 Å². The highest BCUT2D eigenvalue weighted by molar-refractivity contribution is 8.00. The molecule has 6 heteroatoms. The molecule has 0 aliphatic carbocycles. The molecule has 1 unspecified atom stereocenters. The predicted octanol–water partition coefficient (Wildman–Crippen LogP) is 1.52. The number of ether oxygens (including phenoxy) is 1. The quantitative estimate of drug-likeness (QED) is 0.737. The van der Waals surface area contributed by atoms with Crippen molar-refractivity contribution in [2.75, 3.05) is 37.8 Å². The van der Waals surface area contributed by atoms with Gasteiger partial charge in [0.15, 0.2) is 0 Å². The third-order valence-corrected chi connectivity index (χ3v) is 4.32. The summed E-state index contributed by atoms with van der Waals surface area (Å²) in [4.78, 5) is 25.5. The minimum atomic E-state index is 0.0195. The third-order valence-electron chi connectivity index (χ3n) is 3.41. The van der Waals surface area contributed by atoms with E-state index in [-0.39, 0.29) is 17.9 Å². The number of hydrogen-bond donors (Lipinski definition) is 1. The molecule has 0 spiro atoms. The first-order chi connectivity index (χ1) is 9.99. The van der Waals surface area contributed by atoms with Crippen molar-refractivity contribution in [2.45, 2.75) is 39.7 Å². The number of nitrogens with one attached hydrogen (secondary N) is 1. The van der Waals surface area contributed by atoms with E-state index in [2.05, 4.69) is 19.2 Å². The summed E-state index contributed by atoms with van der Waals surface area (Å²) in [6, 6.07) is 0.204. The van der Waals surface area contributed by atoms with Crippen LogP contribution < -0.4 is 5.32 Å². The second-order valence-electron chi connectivity index (χ2n) is 5.93. The Kier molecular flexibility index (Phi) is 8.76. The Morgan fingerprint density at radius 2 is 1.81 bits per heavy atom. The van der Waals surface area contributed by atoms with Gasteiger partial charge in [0.25, 0.3) is 0 Å². The van der Waals surface area contributed by atoms with Crippen LogP contribution in [0.3, 0.4) is 0 Å². The molecular weight excluding hydrogens is 288 g/mol. The van der Waals surface area contributed by atoms with Crippen molar-refractivity contribution in [2.24, 2.45) is 5.92 Å². The lowest BCUT2D eigenvalue weighted by Gasteiger charge is -2.26. The van der Waals surface area contributed by atoms with Crippen LogP contribution in [0, 0.1) is 5.92 Å². The molecule has 1 N–H and O–H groups in total. The highest BCUT2D eigenvalue weighted by Gasteiger charge is 2.17. The monoisotopic (exact) mass is 316 g/mol. The Bertz CT molecular complexity index is 331. The standard InChI is InChI=1S/C15H28N2O3S/c1-12(2)4-5-13(3)16-14(18)10-21-11-15(19)17-6-8-20-9-7-17/h12-13H,4-11H2,1-3H3,(H,16,18). The Balaban J connectivity index is 2.10. The molecule has 0 aromatic heterocycles. The van der Waals surface area contributed by atoms with Crippen LogP contribution in [-0.2, 0) is 14.3 Å². The van der Waals surface area contributed by atoms with Gasteiger partial charge in [0, 0.05) is 19.1 Å². The predicted molar refractivity (Wildman–Crippen MR) is 86.4 cm³/mol. The van der Waals surface area contributed by atoms with E-state index in [1.54, 1.807) is 4.90 Å². The van der Waals surface area contributed by atoms with Crippen LogP contribution in [0.1, 0.15) is 33.6 Å². The van der Waals surface area contributed by atoms with Gasteiger partial charge in [-0.2, -0.15) is 0 Å². The SMILES string of the molecule is CC(C)CCC(C)NC(=O)CSCC(=O)N1CCOCC1. The molecule has 0 aromatic carbocycles. The molecular formula is C15H28N2O3S. The third kappa shape index (κ3) is 8.31. The lowest BCUT2D eigenvalue weighted by Crippen LogP contribution is -2.42. The van der Waals surface area contributed by atoms with Gasteiger partial charge in [0.1, 0.15) is 0 Å². The lowest BCUT2D eigenvalue weighted by atomic mass is 10.0. The molecule has 0 bridgehead atoms. The molecule has 1 fully saturated rings. The van der Waals surface area contributed by atoms with Gasteiger partial charge in [-0.15, -0.1) is 11.8 Å². The van der Waals surface area contributed by atoms with Crippen LogP contribution in [0.2, 0.25) is 0 Å². The van der Waals surface area contributed by atoms with E-state index in [9.17, 15) is 9.59 Å². The summed E-state index contributed by atoms with van der Waals surface area (Å²) in [7, 11) is 0. The van der Waals surface area contributed by atoms with Crippen molar-refractivity contribution in [1.29, 1.82) is 0 Å². The van der Waals surface area contributed by atoms with E-state index < -0.39 is 0 Å². The summed E-state index contributed by atoms with van der Waals surface area (Å²) in [6.45, 7) is 8.96. The average molecular weight is 316 g/mol. The Morgan fingerprint density at radius 3 is 2.43 bits per heavy atom. The molecule has 1 saturated heterocycles. The van der Waals surface area contributed by atoms with Crippen LogP contribution in [0.25, 0.3) is 0 Å². The summed E-state index contributed by atoms with van der Waals surface area (Å²) in [5.74, 6) is 1.50. The summed E-state index contributed by atoms with van der Waals surface area (Å²) < 4.78 is 5.21. The van der Waals surface area contributed by atoms with Crippen molar-refractivity contribution in [3.63, 3.8) is 0 Å². The molecule has 1 rings (SSSR count). The summed E-state index contributed by atoms with van der Waals surface area (Å²) in [6.07, 6.45) is 2.12. The van der Waals surface area contributed by atoms with Crippen LogP contribution in [0.5, 0.6) is 0 Å². The maximum atomic E-state index is 11.9. The van der Waals surface area contributed by atoms with Gasteiger partial charge < -0.3 is 15.0 Å². The van der Waals surface area contributed by atoms with Crippen molar-refractivity contribution in [3.8, 4) is 0 Å². The van der Waals surface area contributed by atoms with Gasteiger partial charge in [-0.1, -0.05) is 13.8 Å². The second-order valence-corrected chi connectivity index (χ2v) is 6.91. The molecule has 1 aliphatic rings. The average Bonchev–Trinajstić information content (AvgIpc) is 2.46. The van der Waals surface area contributed by atoms with E-state index >= 15 is 0 Å². The van der Waals surface area contributed by atoms with Crippen molar-refractivity contribution < 1.29 is 14.3 Å². The lowest BCUT2D eigenvalue weighted by molar-refractivity contribution is -0.132. The fraction of sp³-hybridized carbons (Fsp3) is 0.867. The van der Waals surface area contributed by atoms with Crippen LogP contribution in [0.15, 0.2) is 0 Å². The summed E-state index contributed by atoms with van der Waals surface area (Å²) in [5.41, 5.74) is 0. The zero-order valence-electron chi connectivity index (χ0n) is 13.4. The number of nitrogens with zero attached hydrogens (tertiary/aromatic N) is 1. The molecule has 1 atom stereocenters. The topological polar surface area (TPSA) is 58.6 Å². The number of carbonyl (C=O) groups excluding carboxylic acids is 2. The number of carbonyl (C=O) groups is 2. The van der Waals surface area contributed by atoms with Gasteiger partial charge in [-0.05, 0) is 25.7 Å². The first-order valence-corrected chi connectivity index (χ1v) is 8.87. The number of morpholine rings is 1. The fourth-order valence-corrected chi connectivity index (χ4v) is 2.84. The maximum Gasteiger partial charge on any atom is 0.232 e. The van der Waals surface area contributed by atoms with E-state index in [1.807, 2.05) is 6.92 Å². The first-order valence-electron chi connectivity index (χ1n) is 7.71. The molecule has 0 saturated carbocycles. The molecule has 5 nitrogen and oxygen atoms in total. The Morgan fingerprint density at radius 1 is 1.14 bits per heavy atom. The van der Waals surface area contributed by atoms with E-state index in [1.165, 1.54) is 11.8 Å². The van der Waals surface area contributed by atoms with Crippen molar-refractivity contribution >= 4 is 23.6 Å². The zero-order valence-corrected chi connectivity index (χ0v) is 14.2. The molecule has 21 heavy (non-hydrogen) atoms. The largest absolute Gasteiger partial charge is 0.378 e. The molecule has 1 heterocycles. The van der Waals surface area contributed by atoms with Gasteiger partial charge in [-0.25, -0.2) is 0 Å². The molecule has 2 amide bonds. The van der Waals surface area contributed by atoms with Crippen LogP contribution in [0.4, 0.5) is 0 Å².